The summed E-state index contributed by atoms with van der Waals surface area (Å²) in [5.74, 6) is 0.692. The molecule has 6 nitrogen and oxygen atoms in total. The summed E-state index contributed by atoms with van der Waals surface area (Å²) >= 11 is 0. The van der Waals surface area contributed by atoms with Crippen molar-refractivity contribution >= 4 is 23.1 Å². The Morgan fingerprint density at radius 2 is 1.08 bits per heavy atom. The van der Waals surface area contributed by atoms with E-state index in [1.54, 1.807) is 20.8 Å². The molecule has 0 spiro atoms. The predicted molar refractivity (Wildman–Crippen MR) is 154 cm³/mol. The Bertz CT molecular complexity index is 1170. The highest BCUT2D eigenvalue weighted by molar-refractivity contribution is 6.13. The molecule has 2 unspecified atom stereocenters. The fourth-order valence-corrected chi connectivity index (χ4v) is 5.99. The Morgan fingerprint density at radius 1 is 0.615 bits per heavy atom. The van der Waals surface area contributed by atoms with E-state index < -0.39 is 11.5 Å². The summed E-state index contributed by atoms with van der Waals surface area (Å²) in [7, 11) is 0. The lowest BCUT2D eigenvalue weighted by Gasteiger charge is -2.33. The van der Waals surface area contributed by atoms with Crippen molar-refractivity contribution in [3.63, 3.8) is 0 Å². The average molecular weight is 543 g/mol. The van der Waals surface area contributed by atoms with Crippen LogP contribution in [0, 0.1) is 16.2 Å². The molecule has 0 radical (unpaired) electrons. The third-order valence-corrected chi connectivity index (χ3v) is 8.89. The molecule has 2 atom stereocenters. The highest BCUT2D eigenvalue weighted by atomic mass is 16.5. The van der Waals surface area contributed by atoms with Crippen molar-refractivity contribution in [3.8, 4) is 0 Å². The summed E-state index contributed by atoms with van der Waals surface area (Å²) in [6.45, 7) is 24.7. The molecule has 3 aliphatic carbocycles. The van der Waals surface area contributed by atoms with Crippen molar-refractivity contribution in [2.24, 2.45) is 16.2 Å². The van der Waals surface area contributed by atoms with Gasteiger partial charge in [-0.05, 0) is 94.7 Å². The van der Waals surface area contributed by atoms with Crippen LogP contribution >= 0.6 is 0 Å². The van der Waals surface area contributed by atoms with Crippen LogP contribution in [0.5, 0.6) is 0 Å². The van der Waals surface area contributed by atoms with Crippen LogP contribution in [0.1, 0.15) is 116 Å². The standard InChI is InChI=1S/C13H20O2.C10H16O2.C10H14O2/c1-8-9-6-13(4,5)15-10(9)7-12(2,3)11(8)14;2*1-6-7(2)9(12)10(3,4)5-8(6)11/h10H,6-7H2,1-5H3;8,11H,5H2,1-4H3;5H2,1-4H3. The van der Waals surface area contributed by atoms with E-state index in [1.807, 2.05) is 55.4 Å². The number of aliphatic hydroxyl groups excluding tert-OH is 1. The quantitative estimate of drug-likeness (QED) is 0.378. The molecule has 0 aromatic heterocycles. The number of allylic oxidation sites excluding steroid dienone is 4. The highest BCUT2D eigenvalue weighted by Crippen LogP contribution is 2.46. The van der Waals surface area contributed by atoms with E-state index in [4.69, 9.17) is 4.74 Å². The number of aliphatic hydroxyl groups is 1. The zero-order valence-electron chi connectivity index (χ0n) is 26.5. The van der Waals surface area contributed by atoms with E-state index in [-0.39, 0.29) is 39.9 Å². The molecule has 1 N–H and O–H groups in total. The van der Waals surface area contributed by atoms with E-state index in [9.17, 15) is 24.3 Å². The molecule has 1 saturated heterocycles. The maximum Gasteiger partial charge on any atom is 0.164 e. The van der Waals surface area contributed by atoms with Crippen LogP contribution in [0.15, 0.2) is 33.4 Å². The number of Topliss-reactive ketones (excluding diaryl/α,β-unsaturated/α-hetero) is 4. The van der Waals surface area contributed by atoms with Crippen LogP contribution in [0.25, 0.3) is 0 Å². The molecule has 0 aromatic rings. The summed E-state index contributed by atoms with van der Waals surface area (Å²) in [5.41, 5.74) is 3.81. The third kappa shape index (κ3) is 6.94. The average Bonchev–Trinajstić information content (AvgIpc) is 3.11. The number of hydrogen-bond acceptors (Lipinski definition) is 6. The first-order chi connectivity index (χ1) is 17.4. The highest BCUT2D eigenvalue weighted by Gasteiger charge is 2.46. The first kappa shape index (κ1) is 33.0. The van der Waals surface area contributed by atoms with Crippen molar-refractivity contribution in [2.75, 3.05) is 0 Å². The number of carbonyl (C=O) groups is 4. The number of carbonyl (C=O) groups excluding carboxylic acids is 4. The normalized spacial score (nSPS) is 29.0. The van der Waals surface area contributed by atoms with Gasteiger partial charge in [-0.1, -0.05) is 41.5 Å². The van der Waals surface area contributed by atoms with Crippen molar-refractivity contribution in [1.82, 2.24) is 0 Å². The summed E-state index contributed by atoms with van der Waals surface area (Å²) < 4.78 is 6.00. The third-order valence-electron chi connectivity index (χ3n) is 8.89. The van der Waals surface area contributed by atoms with Crippen molar-refractivity contribution < 1.29 is 29.0 Å². The van der Waals surface area contributed by atoms with Gasteiger partial charge in [0, 0.05) is 29.1 Å². The van der Waals surface area contributed by atoms with Gasteiger partial charge in [-0.2, -0.15) is 0 Å². The number of rotatable bonds is 0. The monoisotopic (exact) mass is 542 g/mol. The molecule has 1 heterocycles. The fraction of sp³-hybridized carbons (Fsp3) is 0.697. The zero-order chi connectivity index (χ0) is 30.5. The summed E-state index contributed by atoms with van der Waals surface area (Å²) in [5, 5.41) is 9.59. The van der Waals surface area contributed by atoms with Crippen molar-refractivity contribution in [3.05, 3.63) is 33.4 Å². The largest absolute Gasteiger partial charge is 0.389 e. The molecule has 1 aliphatic heterocycles. The second-order valence-electron chi connectivity index (χ2n) is 14.4. The minimum Gasteiger partial charge on any atom is -0.389 e. The molecule has 4 aliphatic rings. The van der Waals surface area contributed by atoms with Gasteiger partial charge in [0.2, 0.25) is 0 Å². The van der Waals surface area contributed by atoms with Crippen LogP contribution in [0.3, 0.4) is 0 Å². The van der Waals surface area contributed by atoms with E-state index >= 15 is 0 Å². The van der Waals surface area contributed by atoms with Crippen molar-refractivity contribution in [1.29, 1.82) is 0 Å². The summed E-state index contributed by atoms with van der Waals surface area (Å²) in [4.78, 5) is 46.7. The molecular formula is C33H50O6. The van der Waals surface area contributed by atoms with E-state index in [1.165, 1.54) is 5.57 Å². The molecule has 0 aromatic carbocycles. The summed E-state index contributed by atoms with van der Waals surface area (Å²) in [6.07, 6.45) is 2.39. The SMILES string of the molecule is CC1=C(C)C(=O)C(C)(C)CC1=O.CC1=C(C)C(O)CC(C)(C)C1=O.CC1=C2CC(C)(C)OC2CC(C)(C)C1=O. The van der Waals surface area contributed by atoms with Crippen LogP contribution in [-0.4, -0.2) is 46.0 Å². The van der Waals surface area contributed by atoms with Crippen LogP contribution < -0.4 is 0 Å². The molecule has 6 heteroatoms. The number of ether oxygens (including phenoxy) is 1. The number of ketones is 4. The zero-order valence-corrected chi connectivity index (χ0v) is 26.5. The van der Waals surface area contributed by atoms with E-state index in [2.05, 4.69) is 13.8 Å². The summed E-state index contributed by atoms with van der Waals surface area (Å²) in [6, 6.07) is 0. The lowest BCUT2D eigenvalue weighted by molar-refractivity contribution is -0.130. The molecule has 39 heavy (non-hydrogen) atoms. The first-order valence-electron chi connectivity index (χ1n) is 14.0. The van der Waals surface area contributed by atoms with Gasteiger partial charge in [0.1, 0.15) is 0 Å². The maximum atomic E-state index is 12.1. The number of hydrogen-bond donors (Lipinski definition) is 1. The van der Waals surface area contributed by atoms with Gasteiger partial charge in [-0.25, -0.2) is 0 Å². The fourth-order valence-electron chi connectivity index (χ4n) is 5.99. The van der Waals surface area contributed by atoms with Gasteiger partial charge in [-0.15, -0.1) is 0 Å². The lowest BCUT2D eigenvalue weighted by Crippen LogP contribution is -2.36. The molecule has 218 valence electrons. The van der Waals surface area contributed by atoms with Gasteiger partial charge < -0.3 is 9.84 Å². The molecular weight excluding hydrogens is 492 g/mol. The van der Waals surface area contributed by atoms with Gasteiger partial charge in [0.25, 0.3) is 0 Å². The van der Waals surface area contributed by atoms with Gasteiger partial charge in [0.15, 0.2) is 23.1 Å². The van der Waals surface area contributed by atoms with Crippen molar-refractivity contribution in [2.45, 2.75) is 134 Å². The van der Waals surface area contributed by atoms with Gasteiger partial charge >= 0.3 is 0 Å². The van der Waals surface area contributed by atoms with E-state index in [0.717, 1.165) is 29.6 Å². The Labute approximate surface area is 235 Å². The molecule has 0 saturated carbocycles. The van der Waals surface area contributed by atoms with Gasteiger partial charge in [-0.3, -0.25) is 19.2 Å². The molecule has 1 fully saturated rings. The van der Waals surface area contributed by atoms with Crippen LogP contribution in [-0.2, 0) is 23.9 Å². The van der Waals surface area contributed by atoms with Gasteiger partial charge in [0.05, 0.1) is 17.8 Å². The first-order valence-corrected chi connectivity index (χ1v) is 14.0. The Hall–Kier alpha value is -2.18. The lowest BCUT2D eigenvalue weighted by atomic mass is 9.72. The second kappa shape index (κ2) is 11.0. The number of fused-ring (bicyclic) bond motifs is 1. The topological polar surface area (TPSA) is 97.7 Å². The second-order valence-corrected chi connectivity index (χ2v) is 14.4. The maximum absolute atomic E-state index is 12.1. The van der Waals surface area contributed by atoms with Crippen LogP contribution in [0.4, 0.5) is 0 Å². The minimum absolute atomic E-state index is 0.0953. The molecule has 0 amide bonds. The smallest absolute Gasteiger partial charge is 0.164 e. The molecule has 4 rings (SSSR count). The van der Waals surface area contributed by atoms with E-state index in [0.29, 0.717) is 29.8 Å². The Balaban J connectivity index is 0.000000207. The predicted octanol–water partition coefficient (Wildman–Crippen LogP) is 6.44. The molecule has 0 bridgehead atoms. The van der Waals surface area contributed by atoms with Crippen LogP contribution in [0.2, 0.25) is 0 Å². The Kier molecular flexibility index (Phi) is 9.32. The minimum atomic E-state index is -0.485. The Morgan fingerprint density at radius 3 is 1.62 bits per heavy atom.